The van der Waals surface area contributed by atoms with Gasteiger partial charge in [0.05, 0.1) is 7.11 Å². The van der Waals surface area contributed by atoms with Crippen LogP contribution in [0.4, 0.5) is 5.82 Å². The molecule has 4 nitrogen and oxygen atoms in total. The van der Waals surface area contributed by atoms with Gasteiger partial charge >= 0.3 is 0 Å². The Kier molecular flexibility index (Phi) is 4.96. The van der Waals surface area contributed by atoms with Gasteiger partial charge in [0, 0.05) is 31.9 Å². The van der Waals surface area contributed by atoms with Crippen LogP contribution in [0.5, 0.6) is 5.75 Å². The van der Waals surface area contributed by atoms with Crippen LogP contribution in [0.2, 0.25) is 0 Å². The molecular weight excluding hydrogens is 250 g/mol. The fraction of sp³-hybridized carbons (Fsp3) is 0.312. The highest BCUT2D eigenvalue weighted by Gasteiger charge is 2.06. The van der Waals surface area contributed by atoms with Gasteiger partial charge in [0.25, 0.3) is 0 Å². The summed E-state index contributed by atoms with van der Waals surface area (Å²) in [6.07, 6.45) is 1.83. The van der Waals surface area contributed by atoms with E-state index in [1.54, 1.807) is 7.11 Å². The van der Waals surface area contributed by atoms with Gasteiger partial charge in [0.2, 0.25) is 0 Å². The highest BCUT2D eigenvalue weighted by molar-refractivity contribution is 5.37. The summed E-state index contributed by atoms with van der Waals surface area (Å²) >= 11 is 0. The Labute approximate surface area is 120 Å². The molecule has 0 bridgehead atoms. The van der Waals surface area contributed by atoms with Crippen LogP contribution in [-0.2, 0) is 13.1 Å². The van der Waals surface area contributed by atoms with Gasteiger partial charge in [-0.15, -0.1) is 0 Å². The zero-order valence-electron chi connectivity index (χ0n) is 12.3. The maximum atomic E-state index is 5.39. The van der Waals surface area contributed by atoms with Crippen LogP contribution in [0.15, 0.2) is 42.6 Å². The van der Waals surface area contributed by atoms with Gasteiger partial charge in [-0.1, -0.05) is 18.2 Å². The highest BCUT2D eigenvalue weighted by Crippen LogP contribution is 2.19. The summed E-state index contributed by atoms with van der Waals surface area (Å²) in [5.74, 6) is 1.83. The fourth-order valence-corrected chi connectivity index (χ4v) is 2.20. The molecular formula is C16H21N3O. The van der Waals surface area contributed by atoms with Crippen molar-refractivity contribution in [1.29, 1.82) is 0 Å². The predicted octanol–water partition coefficient (Wildman–Crippen LogP) is 2.76. The number of pyridine rings is 1. The number of hydrogen-bond donors (Lipinski definition) is 1. The van der Waals surface area contributed by atoms with Gasteiger partial charge in [0.1, 0.15) is 11.6 Å². The van der Waals surface area contributed by atoms with E-state index in [0.717, 1.165) is 24.7 Å². The van der Waals surface area contributed by atoms with Gasteiger partial charge in [-0.3, -0.25) is 4.90 Å². The maximum absolute atomic E-state index is 5.39. The zero-order chi connectivity index (χ0) is 14.4. The molecule has 1 heterocycles. The van der Waals surface area contributed by atoms with Crippen molar-refractivity contribution in [2.24, 2.45) is 0 Å². The van der Waals surface area contributed by atoms with E-state index in [-0.39, 0.29) is 0 Å². The van der Waals surface area contributed by atoms with Crippen LogP contribution >= 0.6 is 0 Å². The number of rotatable bonds is 6. The van der Waals surface area contributed by atoms with Crippen LogP contribution in [0.3, 0.4) is 0 Å². The number of nitrogens with zero attached hydrogens (tertiary/aromatic N) is 2. The summed E-state index contributed by atoms with van der Waals surface area (Å²) in [4.78, 5) is 6.48. The molecule has 0 aliphatic heterocycles. The van der Waals surface area contributed by atoms with Crippen LogP contribution in [-0.4, -0.2) is 31.1 Å². The van der Waals surface area contributed by atoms with Gasteiger partial charge in [-0.25, -0.2) is 4.98 Å². The number of aromatic nitrogens is 1. The Hall–Kier alpha value is -2.07. The van der Waals surface area contributed by atoms with Crippen molar-refractivity contribution in [2.75, 3.05) is 26.5 Å². The summed E-state index contributed by atoms with van der Waals surface area (Å²) in [6.45, 7) is 1.72. The Morgan fingerprint density at radius 1 is 1.20 bits per heavy atom. The molecule has 1 aromatic heterocycles. The number of para-hydroxylation sites is 1. The Morgan fingerprint density at radius 2 is 2.00 bits per heavy atom. The SMILES string of the molecule is CNc1cc(CN(C)Cc2ccccc2OC)ccn1. The molecule has 0 atom stereocenters. The maximum Gasteiger partial charge on any atom is 0.125 e. The lowest BCUT2D eigenvalue weighted by Crippen LogP contribution is -2.17. The molecule has 0 unspecified atom stereocenters. The first-order valence-corrected chi connectivity index (χ1v) is 6.66. The van der Waals surface area contributed by atoms with E-state index in [9.17, 15) is 0 Å². The van der Waals surface area contributed by atoms with Crippen molar-refractivity contribution < 1.29 is 4.74 Å². The second-order valence-electron chi connectivity index (χ2n) is 4.78. The monoisotopic (exact) mass is 271 g/mol. The summed E-state index contributed by atoms with van der Waals surface area (Å²) < 4.78 is 5.39. The summed E-state index contributed by atoms with van der Waals surface area (Å²) in [6, 6.07) is 12.2. The second kappa shape index (κ2) is 6.91. The molecule has 0 amide bonds. The highest BCUT2D eigenvalue weighted by atomic mass is 16.5. The Bertz CT molecular complexity index is 557. The van der Waals surface area contributed by atoms with Gasteiger partial charge in [-0.05, 0) is 30.8 Å². The minimum absolute atomic E-state index is 0.848. The Morgan fingerprint density at radius 3 is 2.75 bits per heavy atom. The molecule has 2 rings (SSSR count). The van der Waals surface area contributed by atoms with Crippen molar-refractivity contribution in [3.8, 4) is 5.75 Å². The molecule has 1 N–H and O–H groups in total. The van der Waals surface area contributed by atoms with Crippen molar-refractivity contribution >= 4 is 5.82 Å². The lowest BCUT2D eigenvalue weighted by molar-refractivity contribution is 0.310. The van der Waals surface area contributed by atoms with Crippen molar-refractivity contribution in [2.45, 2.75) is 13.1 Å². The number of ether oxygens (including phenoxy) is 1. The van der Waals surface area contributed by atoms with Crippen molar-refractivity contribution in [1.82, 2.24) is 9.88 Å². The minimum atomic E-state index is 0.848. The number of anilines is 1. The lowest BCUT2D eigenvalue weighted by Gasteiger charge is -2.18. The van der Waals surface area contributed by atoms with Gasteiger partial charge in [-0.2, -0.15) is 0 Å². The fourth-order valence-electron chi connectivity index (χ4n) is 2.20. The van der Waals surface area contributed by atoms with E-state index in [1.807, 2.05) is 37.5 Å². The molecule has 0 saturated heterocycles. The predicted molar refractivity (Wildman–Crippen MR) is 81.9 cm³/mol. The zero-order valence-corrected chi connectivity index (χ0v) is 12.3. The summed E-state index contributed by atoms with van der Waals surface area (Å²) in [5, 5.41) is 3.06. The average Bonchev–Trinajstić information content (AvgIpc) is 2.48. The van der Waals surface area contributed by atoms with E-state index in [1.165, 1.54) is 11.1 Å². The van der Waals surface area contributed by atoms with Crippen molar-refractivity contribution in [3.63, 3.8) is 0 Å². The number of nitrogens with one attached hydrogen (secondary N) is 1. The van der Waals surface area contributed by atoms with Crippen LogP contribution in [0.25, 0.3) is 0 Å². The Balaban J connectivity index is 2.03. The normalized spacial score (nSPS) is 10.6. The molecule has 0 saturated carbocycles. The molecule has 0 spiro atoms. The van der Waals surface area contributed by atoms with Gasteiger partial charge < -0.3 is 10.1 Å². The molecule has 106 valence electrons. The van der Waals surface area contributed by atoms with E-state index < -0.39 is 0 Å². The quantitative estimate of drug-likeness (QED) is 0.876. The second-order valence-corrected chi connectivity index (χ2v) is 4.78. The van der Waals surface area contributed by atoms with Crippen LogP contribution < -0.4 is 10.1 Å². The first kappa shape index (κ1) is 14.3. The van der Waals surface area contributed by atoms with Crippen LogP contribution in [0.1, 0.15) is 11.1 Å². The van der Waals surface area contributed by atoms with Crippen molar-refractivity contribution in [3.05, 3.63) is 53.7 Å². The first-order valence-electron chi connectivity index (χ1n) is 6.66. The summed E-state index contributed by atoms with van der Waals surface area (Å²) in [5.41, 5.74) is 2.43. The lowest BCUT2D eigenvalue weighted by atomic mass is 10.1. The molecule has 4 heteroatoms. The van der Waals surface area contributed by atoms with Crippen LogP contribution in [0, 0.1) is 0 Å². The van der Waals surface area contributed by atoms with Gasteiger partial charge in [0.15, 0.2) is 0 Å². The van der Waals surface area contributed by atoms with E-state index in [2.05, 4.69) is 34.4 Å². The molecule has 1 aromatic carbocycles. The molecule has 0 radical (unpaired) electrons. The van der Waals surface area contributed by atoms with E-state index in [0.29, 0.717) is 0 Å². The largest absolute Gasteiger partial charge is 0.496 e. The minimum Gasteiger partial charge on any atom is -0.496 e. The third kappa shape index (κ3) is 3.71. The first-order chi connectivity index (χ1) is 9.72. The number of benzene rings is 1. The number of methoxy groups -OCH3 is 1. The molecule has 0 fully saturated rings. The van der Waals surface area contributed by atoms with E-state index >= 15 is 0 Å². The molecule has 0 aliphatic rings. The number of hydrogen-bond acceptors (Lipinski definition) is 4. The molecule has 0 aliphatic carbocycles. The molecule has 20 heavy (non-hydrogen) atoms. The topological polar surface area (TPSA) is 37.4 Å². The standard InChI is InChI=1S/C16H21N3O/c1-17-16-10-13(8-9-18-16)11-19(2)12-14-6-4-5-7-15(14)20-3/h4-10H,11-12H2,1-3H3,(H,17,18). The molecule has 2 aromatic rings. The van der Waals surface area contributed by atoms with E-state index in [4.69, 9.17) is 4.74 Å². The third-order valence-corrected chi connectivity index (χ3v) is 3.17. The summed E-state index contributed by atoms with van der Waals surface area (Å²) in [7, 11) is 5.69. The third-order valence-electron chi connectivity index (χ3n) is 3.17. The average molecular weight is 271 g/mol. The smallest absolute Gasteiger partial charge is 0.125 e.